The van der Waals surface area contributed by atoms with E-state index in [-0.39, 0.29) is 0 Å². The lowest BCUT2D eigenvalue weighted by Crippen LogP contribution is -2.12. The zero-order valence-corrected chi connectivity index (χ0v) is 16.4. The van der Waals surface area contributed by atoms with Crippen molar-refractivity contribution < 1.29 is 14.4 Å². The van der Waals surface area contributed by atoms with Crippen LogP contribution in [-0.2, 0) is 4.84 Å². The van der Waals surface area contributed by atoms with Crippen LogP contribution in [0.2, 0.25) is 0 Å². The second kappa shape index (κ2) is 8.43. The molecule has 0 saturated heterocycles. The number of nitrogens with zero attached hydrogens (tertiary/aromatic N) is 2. The molecule has 0 bridgehead atoms. The number of oxime groups is 1. The van der Waals surface area contributed by atoms with E-state index in [1.807, 2.05) is 24.3 Å². The van der Waals surface area contributed by atoms with Gasteiger partial charge in [0.15, 0.2) is 0 Å². The summed E-state index contributed by atoms with van der Waals surface area (Å²) in [6, 6.07) is 19.1. The van der Waals surface area contributed by atoms with Crippen LogP contribution in [0.4, 0.5) is 10.5 Å². The molecule has 0 saturated carbocycles. The van der Waals surface area contributed by atoms with Gasteiger partial charge >= 0.3 is 6.09 Å². The molecule has 1 N–H and O–H groups in total. The predicted molar refractivity (Wildman–Crippen MR) is 111 cm³/mol. The summed E-state index contributed by atoms with van der Waals surface area (Å²) in [7, 11) is 1.58. The standard InChI is InChI=1S/C22H23N3O3/c1-15-5-6-16(2)25(15)20-11-7-18(8-12-20)17(3)24-28-22(26)23-19-9-13-21(27-4)14-10-19/h5-14H,1-4H3,(H,23,26)/b24-17-. The van der Waals surface area contributed by atoms with E-state index in [0.29, 0.717) is 17.1 Å². The lowest BCUT2D eigenvalue weighted by atomic mass is 10.1. The number of anilines is 1. The topological polar surface area (TPSA) is 64.8 Å². The minimum absolute atomic E-state index is 0.598. The molecule has 0 fully saturated rings. The van der Waals surface area contributed by atoms with E-state index in [1.54, 1.807) is 38.3 Å². The largest absolute Gasteiger partial charge is 0.497 e. The average molecular weight is 377 g/mol. The van der Waals surface area contributed by atoms with Crippen LogP contribution in [0.25, 0.3) is 5.69 Å². The molecule has 0 radical (unpaired) electrons. The molecule has 0 spiro atoms. The van der Waals surface area contributed by atoms with E-state index in [0.717, 1.165) is 11.3 Å². The molecule has 2 aromatic carbocycles. The molecule has 3 rings (SSSR count). The van der Waals surface area contributed by atoms with Gasteiger partial charge in [-0.3, -0.25) is 10.2 Å². The number of carbonyl (C=O) groups excluding carboxylic acids is 1. The van der Waals surface area contributed by atoms with Gasteiger partial charge in [0.1, 0.15) is 5.75 Å². The third-order valence-corrected chi connectivity index (χ3v) is 4.42. The molecule has 0 aliphatic carbocycles. The first-order valence-electron chi connectivity index (χ1n) is 8.90. The number of aryl methyl sites for hydroxylation is 2. The van der Waals surface area contributed by atoms with Crippen molar-refractivity contribution in [3.8, 4) is 11.4 Å². The molecule has 0 aliphatic heterocycles. The Balaban J connectivity index is 1.63. The monoisotopic (exact) mass is 377 g/mol. The maximum absolute atomic E-state index is 11.9. The number of ether oxygens (including phenoxy) is 1. The maximum Gasteiger partial charge on any atom is 0.437 e. The molecule has 0 aliphatic rings. The van der Waals surface area contributed by atoms with E-state index in [1.165, 1.54) is 11.4 Å². The van der Waals surface area contributed by atoms with Crippen molar-refractivity contribution in [2.45, 2.75) is 20.8 Å². The molecule has 6 heteroatoms. The van der Waals surface area contributed by atoms with Crippen LogP contribution in [0.3, 0.4) is 0 Å². The number of carbonyl (C=O) groups is 1. The Labute approximate surface area is 164 Å². The van der Waals surface area contributed by atoms with Crippen molar-refractivity contribution in [2.24, 2.45) is 5.16 Å². The molecular formula is C22H23N3O3. The van der Waals surface area contributed by atoms with Crippen molar-refractivity contribution in [3.63, 3.8) is 0 Å². The van der Waals surface area contributed by atoms with E-state index in [9.17, 15) is 4.79 Å². The van der Waals surface area contributed by atoms with Crippen molar-refractivity contribution in [2.75, 3.05) is 12.4 Å². The molecule has 144 valence electrons. The summed E-state index contributed by atoms with van der Waals surface area (Å²) in [5.41, 5.74) is 5.51. The lowest BCUT2D eigenvalue weighted by Gasteiger charge is -2.10. The maximum atomic E-state index is 11.9. The van der Waals surface area contributed by atoms with Crippen LogP contribution < -0.4 is 10.1 Å². The number of hydrogen-bond acceptors (Lipinski definition) is 4. The number of methoxy groups -OCH3 is 1. The summed E-state index contributed by atoms with van der Waals surface area (Å²) >= 11 is 0. The second-order valence-corrected chi connectivity index (χ2v) is 6.41. The summed E-state index contributed by atoms with van der Waals surface area (Å²) in [6.07, 6.45) is -0.653. The normalized spacial score (nSPS) is 11.2. The van der Waals surface area contributed by atoms with Crippen LogP contribution in [0.5, 0.6) is 5.75 Å². The Morgan fingerprint density at radius 2 is 1.54 bits per heavy atom. The van der Waals surface area contributed by atoms with Crippen LogP contribution >= 0.6 is 0 Å². The highest BCUT2D eigenvalue weighted by Crippen LogP contribution is 2.18. The van der Waals surface area contributed by atoms with Gasteiger partial charge in [-0.05, 0) is 74.9 Å². The van der Waals surface area contributed by atoms with Gasteiger partial charge in [0.25, 0.3) is 0 Å². The Morgan fingerprint density at radius 3 is 2.11 bits per heavy atom. The van der Waals surface area contributed by atoms with Gasteiger partial charge in [-0.25, -0.2) is 4.79 Å². The van der Waals surface area contributed by atoms with E-state index in [2.05, 4.69) is 41.0 Å². The highest BCUT2D eigenvalue weighted by Gasteiger charge is 2.07. The first-order valence-corrected chi connectivity index (χ1v) is 8.90. The van der Waals surface area contributed by atoms with Gasteiger partial charge in [-0.15, -0.1) is 0 Å². The highest BCUT2D eigenvalue weighted by molar-refractivity contribution is 5.99. The van der Waals surface area contributed by atoms with Crippen molar-refractivity contribution in [1.82, 2.24) is 4.57 Å². The van der Waals surface area contributed by atoms with Crippen molar-refractivity contribution >= 4 is 17.5 Å². The van der Waals surface area contributed by atoms with Gasteiger partial charge in [0.2, 0.25) is 0 Å². The Hall–Kier alpha value is -3.54. The van der Waals surface area contributed by atoms with E-state index >= 15 is 0 Å². The molecule has 28 heavy (non-hydrogen) atoms. The lowest BCUT2D eigenvalue weighted by molar-refractivity contribution is 0.166. The molecule has 0 atom stereocenters. The second-order valence-electron chi connectivity index (χ2n) is 6.41. The molecule has 3 aromatic rings. The van der Waals surface area contributed by atoms with Crippen LogP contribution in [0, 0.1) is 13.8 Å². The van der Waals surface area contributed by atoms with Crippen molar-refractivity contribution in [3.05, 3.63) is 77.6 Å². The van der Waals surface area contributed by atoms with Crippen molar-refractivity contribution in [1.29, 1.82) is 0 Å². The zero-order chi connectivity index (χ0) is 20.1. The molecule has 6 nitrogen and oxygen atoms in total. The van der Waals surface area contributed by atoms with Gasteiger partial charge in [0.05, 0.1) is 12.8 Å². The Bertz CT molecular complexity index is 967. The number of aromatic nitrogens is 1. The van der Waals surface area contributed by atoms with Gasteiger partial charge in [-0.1, -0.05) is 17.3 Å². The molecule has 1 amide bonds. The summed E-state index contributed by atoms with van der Waals surface area (Å²) in [6.45, 7) is 5.94. The fraction of sp³-hybridized carbons (Fsp3) is 0.182. The van der Waals surface area contributed by atoms with Crippen LogP contribution in [-0.4, -0.2) is 23.5 Å². The Morgan fingerprint density at radius 1 is 0.929 bits per heavy atom. The van der Waals surface area contributed by atoms with E-state index < -0.39 is 6.09 Å². The molecule has 1 aromatic heterocycles. The first-order chi connectivity index (χ1) is 13.5. The predicted octanol–water partition coefficient (Wildman–Crippen LogP) is 5.08. The number of amides is 1. The van der Waals surface area contributed by atoms with Gasteiger partial charge < -0.3 is 9.30 Å². The quantitative estimate of drug-likeness (QED) is 0.383. The first kappa shape index (κ1) is 19.2. The fourth-order valence-corrected chi connectivity index (χ4v) is 2.91. The van der Waals surface area contributed by atoms with E-state index in [4.69, 9.17) is 9.57 Å². The minimum atomic E-state index is -0.653. The highest BCUT2D eigenvalue weighted by atomic mass is 16.7. The summed E-state index contributed by atoms with van der Waals surface area (Å²) in [5, 5.41) is 6.54. The van der Waals surface area contributed by atoms with Gasteiger partial charge in [0, 0.05) is 22.8 Å². The average Bonchev–Trinajstić information content (AvgIpc) is 3.05. The smallest absolute Gasteiger partial charge is 0.437 e. The van der Waals surface area contributed by atoms with Gasteiger partial charge in [-0.2, -0.15) is 0 Å². The zero-order valence-electron chi connectivity index (χ0n) is 16.4. The summed E-state index contributed by atoms with van der Waals surface area (Å²) in [4.78, 5) is 16.9. The number of hydrogen-bond donors (Lipinski definition) is 1. The SMILES string of the molecule is COc1ccc(NC(=O)O/N=C(/C)c2ccc(-n3c(C)ccc3C)cc2)cc1. The third kappa shape index (κ3) is 4.40. The third-order valence-electron chi connectivity index (χ3n) is 4.42. The van der Waals surface area contributed by atoms with Crippen LogP contribution in [0.1, 0.15) is 23.9 Å². The number of benzene rings is 2. The van der Waals surface area contributed by atoms with Crippen LogP contribution in [0.15, 0.2) is 65.8 Å². The fourth-order valence-electron chi connectivity index (χ4n) is 2.91. The number of rotatable bonds is 5. The molecular weight excluding hydrogens is 354 g/mol. The Kier molecular flexibility index (Phi) is 5.79. The molecule has 0 unspecified atom stereocenters. The number of nitrogens with one attached hydrogen (secondary N) is 1. The summed E-state index contributed by atoms with van der Waals surface area (Å²) in [5.74, 6) is 0.710. The minimum Gasteiger partial charge on any atom is -0.497 e. The molecule has 1 heterocycles. The summed E-state index contributed by atoms with van der Waals surface area (Å²) < 4.78 is 7.26.